The number of aryl methyl sites for hydroxylation is 1. The molecule has 2 rings (SSSR count). The van der Waals surface area contributed by atoms with Gasteiger partial charge in [0, 0.05) is 6.54 Å². The van der Waals surface area contributed by atoms with Crippen LogP contribution in [0.25, 0.3) is 0 Å². The molecule has 0 bridgehead atoms. The number of urea groups is 1. The first-order valence-electron chi connectivity index (χ1n) is 6.65. The largest absolute Gasteiger partial charge is 0.480 e. The van der Waals surface area contributed by atoms with Crippen molar-refractivity contribution in [3.8, 4) is 0 Å². The van der Waals surface area contributed by atoms with Gasteiger partial charge in [-0.2, -0.15) is 0 Å². The Hall–Kier alpha value is -2.05. The number of oxazole rings is 1. The second-order valence-corrected chi connectivity index (χ2v) is 5.20. The fourth-order valence-corrected chi connectivity index (χ4v) is 1.91. The maximum Gasteiger partial charge on any atom is 0.323 e. The van der Waals surface area contributed by atoms with Crippen LogP contribution in [0.1, 0.15) is 37.5 Å². The molecule has 1 heterocycles. The molecule has 0 radical (unpaired) electrons. The van der Waals surface area contributed by atoms with E-state index in [0.29, 0.717) is 24.1 Å². The quantitative estimate of drug-likeness (QED) is 0.824. The maximum absolute atomic E-state index is 12.1. The summed E-state index contributed by atoms with van der Waals surface area (Å²) < 4.78 is 5.34. The van der Waals surface area contributed by atoms with Crippen molar-refractivity contribution in [1.29, 1.82) is 0 Å². The Balaban J connectivity index is 1.94. The molecule has 7 nitrogen and oxygen atoms in total. The van der Waals surface area contributed by atoms with Crippen molar-refractivity contribution in [2.45, 2.75) is 32.7 Å². The number of rotatable bonds is 6. The molecule has 0 aliphatic heterocycles. The summed E-state index contributed by atoms with van der Waals surface area (Å²) in [7, 11) is 0. The topological polar surface area (TPSA) is 95.7 Å². The monoisotopic (exact) mass is 281 g/mol. The van der Waals surface area contributed by atoms with Gasteiger partial charge in [-0.15, -0.1) is 0 Å². The Labute approximate surface area is 117 Å². The number of carboxylic acids is 1. The smallest absolute Gasteiger partial charge is 0.323 e. The van der Waals surface area contributed by atoms with Crippen LogP contribution in [0.2, 0.25) is 0 Å². The minimum atomic E-state index is -1.01. The fourth-order valence-electron chi connectivity index (χ4n) is 1.91. The van der Waals surface area contributed by atoms with Gasteiger partial charge in [0.2, 0.25) is 5.89 Å². The van der Waals surface area contributed by atoms with Crippen molar-refractivity contribution in [2.75, 3.05) is 13.1 Å². The number of aromatic nitrogens is 1. The highest BCUT2D eigenvalue weighted by atomic mass is 16.4. The summed E-state index contributed by atoms with van der Waals surface area (Å²) in [5.74, 6) is 0.499. The highest BCUT2D eigenvalue weighted by Gasteiger charge is 2.29. The van der Waals surface area contributed by atoms with E-state index in [0.717, 1.165) is 12.8 Å². The van der Waals surface area contributed by atoms with Crippen LogP contribution < -0.4 is 5.32 Å². The molecular formula is C13H19N3O4. The van der Waals surface area contributed by atoms with E-state index < -0.39 is 18.0 Å². The maximum atomic E-state index is 12.1. The molecule has 0 aromatic carbocycles. The lowest BCUT2D eigenvalue weighted by molar-refractivity contribution is -0.137. The van der Waals surface area contributed by atoms with Crippen molar-refractivity contribution >= 4 is 12.0 Å². The van der Waals surface area contributed by atoms with Gasteiger partial charge in [-0.25, -0.2) is 9.78 Å². The predicted octanol–water partition coefficient (Wildman–Crippen LogP) is 1.55. The highest BCUT2D eigenvalue weighted by Crippen LogP contribution is 2.29. The Morgan fingerprint density at radius 2 is 2.30 bits per heavy atom. The zero-order valence-corrected chi connectivity index (χ0v) is 11.6. The first-order chi connectivity index (χ1) is 9.45. The number of aliphatic carboxylic acids is 1. The summed E-state index contributed by atoms with van der Waals surface area (Å²) in [6, 6.07) is -0.797. The van der Waals surface area contributed by atoms with Crippen LogP contribution in [0, 0.1) is 12.8 Å². The molecule has 7 heteroatoms. The van der Waals surface area contributed by atoms with Gasteiger partial charge in [0.05, 0.1) is 6.20 Å². The number of amides is 2. The van der Waals surface area contributed by atoms with E-state index >= 15 is 0 Å². The van der Waals surface area contributed by atoms with Gasteiger partial charge in [0.1, 0.15) is 18.3 Å². The van der Waals surface area contributed by atoms with E-state index in [1.165, 1.54) is 4.90 Å². The Kier molecular flexibility index (Phi) is 4.26. The van der Waals surface area contributed by atoms with Gasteiger partial charge >= 0.3 is 12.0 Å². The van der Waals surface area contributed by atoms with Gasteiger partial charge in [0.15, 0.2) is 0 Å². The Morgan fingerprint density at radius 1 is 1.60 bits per heavy atom. The summed E-state index contributed by atoms with van der Waals surface area (Å²) in [5.41, 5.74) is 0. The molecule has 1 aromatic rings. The van der Waals surface area contributed by atoms with E-state index in [2.05, 4.69) is 10.3 Å². The molecule has 1 unspecified atom stereocenters. The molecular weight excluding hydrogens is 262 g/mol. The number of hydrogen-bond donors (Lipinski definition) is 2. The molecule has 2 N–H and O–H groups in total. The summed E-state index contributed by atoms with van der Waals surface area (Å²) >= 11 is 0. The van der Waals surface area contributed by atoms with Crippen molar-refractivity contribution in [3.05, 3.63) is 17.8 Å². The number of carbonyl (C=O) groups is 2. The average Bonchev–Trinajstić information content (AvgIpc) is 3.07. The second kappa shape index (κ2) is 5.94. The number of carbonyl (C=O) groups excluding carboxylic acids is 1. The first-order valence-corrected chi connectivity index (χ1v) is 6.65. The van der Waals surface area contributed by atoms with E-state index in [1.807, 2.05) is 0 Å². The summed E-state index contributed by atoms with van der Waals surface area (Å²) in [6.07, 6.45) is 3.69. The number of nitrogens with zero attached hydrogens (tertiary/aromatic N) is 2. The van der Waals surface area contributed by atoms with E-state index in [4.69, 9.17) is 9.52 Å². The third-order valence-corrected chi connectivity index (χ3v) is 3.14. The molecule has 2 amide bonds. The molecule has 1 aliphatic rings. The minimum absolute atomic E-state index is 0.292. The van der Waals surface area contributed by atoms with Crippen LogP contribution in [0.3, 0.4) is 0 Å². The molecule has 1 saturated carbocycles. The third-order valence-electron chi connectivity index (χ3n) is 3.14. The van der Waals surface area contributed by atoms with Crippen LogP contribution in [-0.2, 0) is 4.79 Å². The number of nitrogens with one attached hydrogen (secondary N) is 1. The van der Waals surface area contributed by atoms with Crippen LogP contribution in [0.4, 0.5) is 4.79 Å². The highest BCUT2D eigenvalue weighted by molar-refractivity contribution is 5.80. The number of carboxylic acid groups (broad SMARTS) is 1. The van der Waals surface area contributed by atoms with E-state index in [1.54, 1.807) is 20.0 Å². The predicted molar refractivity (Wildman–Crippen MR) is 70.1 cm³/mol. The second-order valence-electron chi connectivity index (χ2n) is 5.20. The van der Waals surface area contributed by atoms with Crippen molar-refractivity contribution in [2.24, 2.45) is 5.92 Å². The molecule has 0 saturated heterocycles. The Morgan fingerprint density at radius 3 is 2.80 bits per heavy atom. The Bertz CT molecular complexity index is 496. The first kappa shape index (κ1) is 14.4. The lowest BCUT2D eigenvalue weighted by Crippen LogP contribution is -2.44. The lowest BCUT2D eigenvalue weighted by atomic mass is 10.3. The molecule has 1 fully saturated rings. The van der Waals surface area contributed by atoms with Crippen LogP contribution in [-0.4, -0.2) is 40.1 Å². The summed E-state index contributed by atoms with van der Waals surface area (Å²) in [4.78, 5) is 28.3. The molecule has 20 heavy (non-hydrogen) atoms. The van der Waals surface area contributed by atoms with Gasteiger partial charge in [-0.1, -0.05) is 0 Å². The van der Waals surface area contributed by atoms with Gasteiger partial charge < -0.3 is 19.7 Å². The molecule has 1 aliphatic carbocycles. The average molecular weight is 281 g/mol. The third kappa shape index (κ3) is 3.97. The molecule has 1 atom stereocenters. The molecule has 0 spiro atoms. The van der Waals surface area contributed by atoms with Gasteiger partial charge in [0.25, 0.3) is 0 Å². The van der Waals surface area contributed by atoms with Crippen molar-refractivity contribution < 1.29 is 19.1 Å². The normalized spacial score (nSPS) is 15.7. The summed E-state index contributed by atoms with van der Waals surface area (Å²) in [6.45, 7) is 3.71. The molecule has 1 aromatic heterocycles. The van der Waals surface area contributed by atoms with E-state index in [-0.39, 0.29) is 6.54 Å². The summed E-state index contributed by atoms with van der Waals surface area (Å²) in [5, 5.41) is 11.6. The zero-order valence-electron chi connectivity index (χ0n) is 11.6. The fraction of sp³-hybridized carbons (Fsp3) is 0.615. The minimum Gasteiger partial charge on any atom is -0.480 e. The zero-order chi connectivity index (χ0) is 14.7. The van der Waals surface area contributed by atoms with Crippen LogP contribution in [0.5, 0.6) is 0 Å². The number of hydrogen-bond acceptors (Lipinski definition) is 4. The SMILES string of the molecule is Cc1cnc(C(C)NC(=O)N(CC(=O)O)CC2CC2)o1. The van der Waals surface area contributed by atoms with Crippen molar-refractivity contribution in [3.63, 3.8) is 0 Å². The van der Waals surface area contributed by atoms with Gasteiger partial charge in [-0.05, 0) is 32.6 Å². The van der Waals surface area contributed by atoms with Crippen LogP contribution >= 0.6 is 0 Å². The van der Waals surface area contributed by atoms with Crippen molar-refractivity contribution in [1.82, 2.24) is 15.2 Å². The lowest BCUT2D eigenvalue weighted by Gasteiger charge is -2.22. The van der Waals surface area contributed by atoms with Crippen LogP contribution in [0.15, 0.2) is 10.6 Å². The van der Waals surface area contributed by atoms with Gasteiger partial charge in [-0.3, -0.25) is 4.79 Å². The standard InChI is InChI=1S/C13H19N3O4/c1-8-5-14-12(20-8)9(2)15-13(19)16(7-11(17)18)6-10-3-4-10/h5,9-10H,3-4,6-7H2,1-2H3,(H,15,19)(H,17,18). The van der Waals surface area contributed by atoms with E-state index in [9.17, 15) is 9.59 Å². The molecule has 110 valence electrons.